The lowest BCUT2D eigenvalue weighted by atomic mass is 10.1. The first-order valence-corrected chi connectivity index (χ1v) is 8.06. The molecule has 0 radical (unpaired) electrons. The van der Waals surface area contributed by atoms with Crippen LogP contribution in [-0.4, -0.2) is 36.5 Å². The van der Waals surface area contributed by atoms with Crippen LogP contribution in [0.2, 0.25) is 0 Å². The Kier molecular flexibility index (Phi) is 5.62. The molecule has 4 nitrogen and oxygen atoms in total. The van der Waals surface area contributed by atoms with E-state index in [4.69, 9.17) is 5.73 Å². The van der Waals surface area contributed by atoms with Crippen molar-refractivity contribution < 1.29 is 0 Å². The summed E-state index contributed by atoms with van der Waals surface area (Å²) >= 11 is 0. The Morgan fingerprint density at radius 3 is 2.71 bits per heavy atom. The maximum absolute atomic E-state index is 6.00. The quantitative estimate of drug-likeness (QED) is 0.625. The van der Waals surface area contributed by atoms with Crippen molar-refractivity contribution in [1.82, 2.24) is 4.90 Å². The summed E-state index contributed by atoms with van der Waals surface area (Å²) in [5, 5.41) is 3.21. The summed E-state index contributed by atoms with van der Waals surface area (Å²) in [4.78, 5) is 6.85. The van der Waals surface area contributed by atoms with E-state index < -0.39 is 0 Å². The number of aliphatic imine (C=N–C) groups is 1. The predicted octanol–water partition coefficient (Wildman–Crippen LogP) is 2.63. The number of hydrogen-bond acceptors (Lipinski definition) is 2. The van der Waals surface area contributed by atoms with Crippen LogP contribution >= 0.6 is 0 Å². The molecule has 1 aromatic rings. The van der Waals surface area contributed by atoms with Gasteiger partial charge in [-0.1, -0.05) is 19.9 Å². The minimum Gasteiger partial charge on any atom is -0.370 e. The Labute approximate surface area is 128 Å². The number of nitrogens with zero attached hydrogens (tertiary/aromatic N) is 2. The lowest BCUT2D eigenvalue weighted by molar-refractivity contribution is 0.237. The molecule has 1 aliphatic carbocycles. The van der Waals surface area contributed by atoms with Gasteiger partial charge in [-0.3, -0.25) is 9.89 Å². The molecule has 1 atom stereocenters. The van der Waals surface area contributed by atoms with Gasteiger partial charge in [-0.25, -0.2) is 0 Å². The van der Waals surface area contributed by atoms with E-state index >= 15 is 0 Å². The molecule has 0 saturated carbocycles. The molecule has 21 heavy (non-hydrogen) atoms. The van der Waals surface area contributed by atoms with Crippen molar-refractivity contribution in [2.24, 2.45) is 10.7 Å². The van der Waals surface area contributed by atoms with Crippen molar-refractivity contribution in [3.05, 3.63) is 29.3 Å². The van der Waals surface area contributed by atoms with E-state index in [0.717, 1.165) is 25.3 Å². The molecule has 0 bridgehead atoms. The number of guanidine groups is 1. The van der Waals surface area contributed by atoms with Crippen LogP contribution in [0.5, 0.6) is 0 Å². The minimum atomic E-state index is 0.417. The van der Waals surface area contributed by atoms with Crippen LogP contribution in [0.15, 0.2) is 23.2 Å². The third kappa shape index (κ3) is 4.21. The summed E-state index contributed by atoms with van der Waals surface area (Å²) < 4.78 is 0. The zero-order valence-electron chi connectivity index (χ0n) is 13.5. The van der Waals surface area contributed by atoms with Crippen molar-refractivity contribution in [3.63, 3.8) is 0 Å². The van der Waals surface area contributed by atoms with E-state index in [2.05, 4.69) is 54.2 Å². The van der Waals surface area contributed by atoms with Gasteiger partial charge in [-0.15, -0.1) is 0 Å². The van der Waals surface area contributed by atoms with Crippen LogP contribution in [0, 0.1) is 0 Å². The predicted molar refractivity (Wildman–Crippen MR) is 91.0 cm³/mol. The van der Waals surface area contributed by atoms with Gasteiger partial charge in [0.05, 0.1) is 6.54 Å². The molecule has 116 valence electrons. The lowest BCUT2D eigenvalue weighted by Gasteiger charge is -2.24. The topological polar surface area (TPSA) is 53.6 Å². The van der Waals surface area contributed by atoms with Gasteiger partial charge in [0, 0.05) is 11.7 Å². The largest absolute Gasteiger partial charge is 0.370 e. The average molecular weight is 288 g/mol. The van der Waals surface area contributed by atoms with Crippen LogP contribution in [0.4, 0.5) is 5.69 Å². The van der Waals surface area contributed by atoms with Gasteiger partial charge in [0.1, 0.15) is 0 Å². The molecule has 0 heterocycles. The van der Waals surface area contributed by atoms with Gasteiger partial charge >= 0.3 is 0 Å². The first kappa shape index (κ1) is 15.8. The van der Waals surface area contributed by atoms with Crippen LogP contribution in [0.1, 0.15) is 38.3 Å². The number of rotatable bonds is 6. The van der Waals surface area contributed by atoms with Gasteiger partial charge in [-0.05, 0) is 62.5 Å². The average Bonchev–Trinajstić information content (AvgIpc) is 2.94. The second kappa shape index (κ2) is 7.46. The second-order valence-corrected chi connectivity index (χ2v) is 5.76. The monoisotopic (exact) mass is 288 g/mol. The molecular weight excluding hydrogens is 260 g/mol. The van der Waals surface area contributed by atoms with E-state index in [1.165, 1.54) is 30.4 Å². The molecular formula is C17H28N4. The lowest BCUT2D eigenvalue weighted by Crippen LogP contribution is -2.36. The molecule has 1 unspecified atom stereocenters. The maximum Gasteiger partial charge on any atom is 0.193 e. The number of hydrogen-bond donors (Lipinski definition) is 2. The van der Waals surface area contributed by atoms with Crippen molar-refractivity contribution in [2.45, 2.75) is 46.1 Å². The fourth-order valence-electron chi connectivity index (χ4n) is 3.03. The number of fused-ring (bicyclic) bond motifs is 1. The van der Waals surface area contributed by atoms with Gasteiger partial charge in [0.25, 0.3) is 0 Å². The standard InChI is InChI=1S/C17H28N4/c1-4-21(5-2)13(3)12-19-17(18)20-16-10-9-14-7-6-8-15(14)11-16/h9-11,13H,4-8,12H2,1-3H3,(H3,18,19,20). The summed E-state index contributed by atoms with van der Waals surface area (Å²) in [5.41, 5.74) is 9.98. The first-order valence-electron chi connectivity index (χ1n) is 8.06. The molecule has 0 fully saturated rings. The minimum absolute atomic E-state index is 0.417. The van der Waals surface area contributed by atoms with Crippen molar-refractivity contribution in [1.29, 1.82) is 0 Å². The highest BCUT2D eigenvalue weighted by Gasteiger charge is 2.11. The number of benzene rings is 1. The Morgan fingerprint density at radius 2 is 2.00 bits per heavy atom. The molecule has 1 aromatic carbocycles. The molecule has 0 saturated heterocycles. The number of likely N-dealkylation sites (N-methyl/N-ethyl adjacent to an activating group) is 1. The van der Waals surface area contributed by atoms with E-state index in [9.17, 15) is 0 Å². The van der Waals surface area contributed by atoms with Gasteiger partial charge in [0.2, 0.25) is 0 Å². The molecule has 2 rings (SSSR count). The Morgan fingerprint density at radius 1 is 1.29 bits per heavy atom. The highest BCUT2D eigenvalue weighted by atomic mass is 15.2. The van der Waals surface area contributed by atoms with Gasteiger partial charge in [-0.2, -0.15) is 0 Å². The zero-order chi connectivity index (χ0) is 15.2. The van der Waals surface area contributed by atoms with Crippen molar-refractivity contribution in [3.8, 4) is 0 Å². The van der Waals surface area contributed by atoms with E-state index in [0.29, 0.717) is 12.0 Å². The van der Waals surface area contributed by atoms with E-state index in [-0.39, 0.29) is 0 Å². The molecule has 0 aliphatic heterocycles. The Balaban J connectivity index is 1.91. The van der Waals surface area contributed by atoms with E-state index in [1.54, 1.807) is 0 Å². The summed E-state index contributed by atoms with van der Waals surface area (Å²) in [6.07, 6.45) is 3.66. The van der Waals surface area contributed by atoms with Crippen LogP contribution < -0.4 is 11.1 Å². The van der Waals surface area contributed by atoms with Gasteiger partial charge in [0.15, 0.2) is 5.96 Å². The highest BCUT2D eigenvalue weighted by Crippen LogP contribution is 2.24. The smallest absolute Gasteiger partial charge is 0.193 e. The zero-order valence-corrected chi connectivity index (χ0v) is 13.5. The molecule has 1 aliphatic rings. The van der Waals surface area contributed by atoms with Gasteiger partial charge < -0.3 is 11.1 Å². The summed E-state index contributed by atoms with van der Waals surface area (Å²) in [6.45, 7) is 9.37. The molecule has 0 spiro atoms. The molecule has 3 N–H and O–H groups in total. The maximum atomic E-state index is 6.00. The first-order chi connectivity index (χ1) is 10.1. The SMILES string of the molecule is CCN(CC)C(C)CN=C(N)Nc1ccc2c(c1)CCC2. The normalized spacial score (nSPS) is 16.1. The highest BCUT2D eigenvalue weighted by molar-refractivity contribution is 5.92. The van der Waals surface area contributed by atoms with Crippen molar-refractivity contribution in [2.75, 3.05) is 25.0 Å². The summed E-state index contributed by atoms with van der Waals surface area (Å²) in [7, 11) is 0. The third-order valence-corrected chi connectivity index (χ3v) is 4.33. The third-order valence-electron chi connectivity index (χ3n) is 4.33. The number of nitrogens with two attached hydrogens (primary N) is 1. The Bertz CT molecular complexity index is 492. The summed E-state index contributed by atoms with van der Waals surface area (Å²) in [5.74, 6) is 0.506. The molecule has 0 aromatic heterocycles. The van der Waals surface area contributed by atoms with Crippen LogP contribution in [-0.2, 0) is 12.8 Å². The number of aryl methyl sites for hydroxylation is 2. The van der Waals surface area contributed by atoms with Crippen LogP contribution in [0.25, 0.3) is 0 Å². The van der Waals surface area contributed by atoms with E-state index in [1.807, 2.05) is 0 Å². The fraction of sp³-hybridized carbons (Fsp3) is 0.588. The molecule has 0 amide bonds. The summed E-state index contributed by atoms with van der Waals surface area (Å²) in [6, 6.07) is 6.93. The van der Waals surface area contributed by atoms with Crippen molar-refractivity contribution >= 4 is 11.6 Å². The van der Waals surface area contributed by atoms with Crippen LogP contribution in [0.3, 0.4) is 0 Å². The second-order valence-electron chi connectivity index (χ2n) is 5.76. The number of nitrogens with one attached hydrogen (secondary N) is 1. The Hall–Kier alpha value is -1.55. The number of anilines is 1. The molecule has 4 heteroatoms. The fourth-order valence-corrected chi connectivity index (χ4v) is 3.03.